The summed E-state index contributed by atoms with van der Waals surface area (Å²) < 4.78 is 0. The van der Waals surface area contributed by atoms with Crippen LogP contribution in [0.15, 0.2) is 47.1 Å². The first-order valence-corrected chi connectivity index (χ1v) is 12.7. The lowest BCUT2D eigenvalue weighted by molar-refractivity contribution is 0.188. The zero-order valence-electron chi connectivity index (χ0n) is 20.7. The molecular weight excluding hydrogens is 392 g/mol. The van der Waals surface area contributed by atoms with Crippen LogP contribution in [0.2, 0.25) is 0 Å². The van der Waals surface area contributed by atoms with Crippen molar-refractivity contribution in [2.24, 2.45) is 10.9 Å². The second-order valence-electron chi connectivity index (χ2n) is 11.4. The van der Waals surface area contributed by atoms with Gasteiger partial charge in [0.05, 0.1) is 5.71 Å². The van der Waals surface area contributed by atoms with Crippen LogP contribution in [0.5, 0.6) is 0 Å². The molecule has 1 aromatic rings. The fraction of sp³-hybridized carbons (Fsp3) is 0.621. The number of allylic oxidation sites excluding steroid dienone is 4. The van der Waals surface area contributed by atoms with Crippen LogP contribution in [0.1, 0.15) is 89.3 Å². The van der Waals surface area contributed by atoms with Gasteiger partial charge in [0.1, 0.15) is 0 Å². The van der Waals surface area contributed by atoms with E-state index in [4.69, 9.17) is 10.1 Å². The Morgan fingerprint density at radius 3 is 2.44 bits per heavy atom. The molecule has 4 rings (SSSR count). The lowest BCUT2D eigenvalue weighted by Crippen LogP contribution is -2.35. The first-order valence-electron chi connectivity index (χ1n) is 12.7. The summed E-state index contributed by atoms with van der Waals surface area (Å²) in [5.74, 6) is 0.551. The highest BCUT2D eigenvalue weighted by atomic mass is 16.2. The average Bonchev–Trinajstić information content (AvgIpc) is 3.04. The Kier molecular flexibility index (Phi) is 7.07. The highest BCUT2D eigenvalue weighted by Crippen LogP contribution is 2.46. The predicted octanol–water partition coefficient (Wildman–Crippen LogP) is 6.15. The maximum Gasteiger partial charge on any atom is 0.0517 e. The summed E-state index contributed by atoms with van der Waals surface area (Å²) in [4.78, 5) is 7.82. The third kappa shape index (κ3) is 5.10. The maximum atomic E-state index is 9.03. The molecule has 0 atom stereocenters. The van der Waals surface area contributed by atoms with Crippen molar-refractivity contribution in [3.8, 4) is 0 Å². The van der Waals surface area contributed by atoms with Crippen molar-refractivity contribution < 1.29 is 5.11 Å². The molecule has 2 aliphatic heterocycles. The lowest BCUT2D eigenvalue weighted by Gasteiger charge is -2.42. The van der Waals surface area contributed by atoms with Gasteiger partial charge < -0.3 is 10.0 Å². The minimum atomic E-state index is 0.226. The quantitative estimate of drug-likeness (QED) is 0.545. The largest absolute Gasteiger partial charge is 0.396 e. The van der Waals surface area contributed by atoms with E-state index >= 15 is 0 Å². The molecule has 1 N–H and O–H groups in total. The molecular formula is C29H42N2O. The molecule has 0 radical (unpaired) electrons. The number of hydrogen-bond donors (Lipinski definition) is 1. The third-order valence-electron chi connectivity index (χ3n) is 8.05. The van der Waals surface area contributed by atoms with E-state index in [-0.39, 0.29) is 10.8 Å². The van der Waals surface area contributed by atoms with Crippen molar-refractivity contribution >= 4 is 5.71 Å². The second kappa shape index (κ2) is 9.65. The average molecular weight is 435 g/mol. The molecule has 0 spiro atoms. The van der Waals surface area contributed by atoms with E-state index in [9.17, 15) is 0 Å². The van der Waals surface area contributed by atoms with Crippen LogP contribution in [0.3, 0.4) is 0 Å². The summed E-state index contributed by atoms with van der Waals surface area (Å²) in [6.07, 6.45) is 14.5. The van der Waals surface area contributed by atoms with Crippen LogP contribution in [0.4, 0.5) is 0 Å². The molecule has 32 heavy (non-hydrogen) atoms. The standard InChI is InChI=1S/C29H42N2O/c1-28(2)15-16-29(3,4)25-21-23(11-12-24(25)28)27-10-6-5-9-26(30-27)22-13-18-31(19-14-22)17-7-8-20-32/h5-6,9,11-12,21-22,32H,7-8,10,13-20H2,1-4H3. The molecule has 1 fully saturated rings. The summed E-state index contributed by atoms with van der Waals surface area (Å²) in [7, 11) is 0. The van der Waals surface area contributed by atoms with Crippen LogP contribution in [-0.2, 0) is 10.8 Å². The Hall–Kier alpha value is -1.71. The van der Waals surface area contributed by atoms with Gasteiger partial charge in [-0.05, 0) is 97.8 Å². The fourth-order valence-corrected chi connectivity index (χ4v) is 5.66. The molecule has 3 nitrogen and oxygen atoms in total. The molecule has 1 aromatic carbocycles. The fourth-order valence-electron chi connectivity index (χ4n) is 5.66. The van der Waals surface area contributed by atoms with Crippen LogP contribution in [0.25, 0.3) is 0 Å². The van der Waals surface area contributed by atoms with Crippen molar-refractivity contribution in [2.45, 2.75) is 83.5 Å². The van der Waals surface area contributed by atoms with E-state index in [0.717, 1.165) is 38.9 Å². The molecule has 0 bridgehead atoms. The highest BCUT2D eigenvalue weighted by molar-refractivity contribution is 6.02. The van der Waals surface area contributed by atoms with E-state index in [1.165, 1.54) is 53.8 Å². The first kappa shape index (κ1) is 23.4. The Morgan fingerprint density at radius 2 is 1.72 bits per heavy atom. The van der Waals surface area contributed by atoms with Crippen molar-refractivity contribution in [1.29, 1.82) is 0 Å². The number of aliphatic hydroxyl groups excluding tert-OH is 1. The smallest absolute Gasteiger partial charge is 0.0517 e. The van der Waals surface area contributed by atoms with Gasteiger partial charge in [0, 0.05) is 24.6 Å². The Balaban J connectivity index is 1.53. The topological polar surface area (TPSA) is 35.8 Å². The van der Waals surface area contributed by atoms with E-state index < -0.39 is 0 Å². The van der Waals surface area contributed by atoms with Gasteiger partial charge in [-0.1, -0.05) is 52.0 Å². The van der Waals surface area contributed by atoms with Gasteiger partial charge in [0.15, 0.2) is 0 Å². The van der Waals surface area contributed by atoms with Gasteiger partial charge in [-0.3, -0.25) is 4.99 Å². The number of unbranched alkanes of at least 4 members (excludes halogenated alkanes) is 1. The van der Waals surface area contributed by atoms with Crippen LogP contribution in [-0.4, -0.2) is 42.0 Å². The lowest BCUT2D eigenvalue weighted by atomic mass is 9.63. The summed E-state index contributed by atoms with van der Waals surface area (Å²) >= 11 is 0. The van der Waals surface area contributed by atoms with E-state index in [0.29, 0.717) is 12.5 Å². The Bertz CT molecular complexity index is 898. The molecule has 1 saturated heterocycles. The number of rotatable bonds is 6. The number of piperidine rings is 1. The number of aliphatic hydroxyl groups is 1. The number of hydrogen-bond acceptors (Lipinski definition) is 3. The molecule has 0 saturated carbocycles. The number of aliphatic imine (C=N–C) groups is 1. The summed E-state index contributed by atoms with van der Waals surface area (Å²) in [5.41, 5.74) is 7.30. The summed E-state index contributed by atoms with van der Waals surface area (Å²) in [6, 6.07) is 7.16. The van der Waals surface area contributed by atoms with Crippen molar-refractivity contribution in [1.82, 2.24) is 4.90 Å². The Morgan fingerprint density at radius 1 is 1.00 bits per heavy atom. The molecule has 0 amide bonds. The zero-order chi connectivity index (χ0) is 22.8. The Labute approximate surface area is 195 Å². The number of benzene rings is 1. The van der Waals surface area contributed by atoms with Crippen LogP contribution < -0.4 is 0 Å². The minimum absolute atomic E-state index is 0.226. The number of nitrogens with zero attached hydrogens (tertiary/aromatic N) is 2. The van der Waals surface area contributed by atoms with Gasteiger partial charge in [0.2, 0.25) is 0 Å². The number of fused-ring (bicyclic) bond motifs is 1. The van der Waals surface area contributed by atoms with Crippen molar-refractivity contribution in [2.75, 3.05) is 26.2 Å². The maximum absolute atomic E-state index is 9.03. The molecule has 174 valence electrons. The molecule has 0 aromatic heterocycles. The van der Waals surface area contributed by atoms with Gasteiger partial charge in [0.25, 0.3) is 0 Å². The van der Waals surface area contributed by atoms with E-state index in [1.807, 2.05) is 0 Å². The van der Waals surface area contributed by atoms with Gasteiger partial charge >= 0.3 is 0 Å². The van der Waals surface area contributed by atoms with Crippen molar-refractivity contribution in [3.05, 3.63) is 58.8 Å². The SMILES string of the molecule is CC1(C)CCC(C)(C)c2cc(C3=NC(C4CCN(CCCCO)CC4)=CC=CC3)ccc21. The van der Waals surface area contributed by atoms with Crippen LogP contribution in [0, 0.1) is 5.92 Å². The highest BCUT2D eigenvalue weighted by Gasteiger charge is 2.37. The summed E-state index contributed by atoms with van der Waals surface area (Å²) in [5, 5.41) is 9.03. The number of likely N-dealkylation sites (tertiary alicyclic amines) is 1. The van der Waals surface area contributed by atoms with Gasteiger partial charge in [-0.2, -0.15) is 0 Å². The van der Waals surface area contributed by atoms with E-state index in [2.05, 4.69) is 69.0 Å². The predicted molar refractivity (Wildman–Crippen MR) is 136 cm³/mol. The zero-order valence-corrected chi connectivity index (χ0v) is 20.7. The van der Waals surface area contributed by atoms with Crippen molar-refractivity contribution in [3.63, 3.8) is 0 Å². The second-order valence-corrected chi connectivity index (χ2v) is 11.4. The van der Waals surface area contributed by atoms with Gasteiger partial charge in [-0.15, -0.1) is 0 Å². The summed E-state index contributed by atoms with van der Waals surface area (Å²) in [6.45, 7) is 13.3. The minimum Gasteiger partial charge on any atom is -0.396 e. The molecule has 0 unspecified atom stereocenters. The first-order chi connectivity index (χ1) is 15.3. The molecule has 2 heterocycles. The molecule has 3 aliphatic rings. The molecule has 1 aliphatic carbocycles. The monoisotopic (exact) mass is 434 g/mol. The molecule has 3 heteroatoms. The van der Waals surface area contributed by atoms with E-state index in [1.54, 1.807) is 0 Å². The normalized spacial score (nSPS) is 23.3. The van der Waals surface area contributed by atoms with Gasteiger partial charge in [-0.25, -0.2) is 0 Å². The van der Waals surface area contributed by atoms with Crippen LogP contribution >= 0.6 is 0 Å². The third-order valence-corrected chi connectivity index (χ3v) is 8.05.